The van der Waals surface area contributed by atoms with E-state index in [0.29, 0.717) is 5.56 Å². The van der Waals surface area contributed by atoms with Gasteiger partial charge in [-0.3, -0.25) is 0 Å². The summed E-state index contributed by atoms with van der Waals surface area (Å²) in [6.07, 6.45) is 0.133. The Morgan fingerprint density at radius 1 is 0.900 bits per heavy atom. The Balaban J connectivity index is 2.25. The molecule has 0 aromatic heterocycles. The molecule has 0 radical (unpaired) electrons. The second-order valence-corrected chi connectivity index (χ2v) is 7.37. The predicted octanol–water partition coefficient (Wildman–Crippen LogP) is 2.82. The van der Waals surface area contributed by atoms with Crippen LogP contribution in [0.2, 0.25) is 0 Å². The van der Waals surface area contributed by atoms with Crippen LogP contribution in [0.4, 0.5) is 0 Å². The second-order valence-electron chi connectivity index (χ2n) is 4.97. The molecule has 106 valence electrons. The molecular weight excluding hydrogens is 272 g/mol. The summed E-state index contributed by atoms with van der Waals surface area (Å²) in [7, 11) is -3.26. The molecule has 0 saturated carbocycles. The SMILES string of the molecule is CC(C(O)c1ccc(-c2ccccc2)cc1)S(C)(=O)=O. The van der Waals surface area contributed by atoms with Crippen LogP contribution in [0, 0.1) is 0 Å². The van der Waals surface area contributed by atoms with Gasteiger partial charge in [0.05, 0.1) is 11.4 Å². The van der Waals surface area contributed by atoms with Gasteiger partial charge in [-0.15, -0.1) is 0 Å². The average molecular weight is 290 g/mol. The molecule has 0 heterocycles. The lowest BCUT2D eigenvalue weighted by molar-refractivity contribution is 0.176. The molecule has 0 bridgehead atoms. The fraction of sp³-hybridized carbons (Fsp3) is 0.250. The largest absolute Gasteiger partial charge is 0.387 e. The van der Waals surface area contributed by atoms with E-state index in [1.54, 1.807) is 12.1 Å². The van der Waals surface area contributed by atoms with Crippen molar-refractivity contribution >= 4 is 9.84 Å². The lowest BCUT2D eigenvalue weighted by Crippen LogP contribution is -2.24. The summed E-state index contributed by atoms with van der Waals surface area (Å²) in [6.45, 7) is 1.52. The zero-order valence-corrected chi connectivity index (χ0v) is 12.3. The highest BCUT2D eigenvalue weighted by Gasteiger charge is 2.25. The van der Waals surface area contributed by atoms with Crippen molar-refractivity contribution in [2.24, 2.45) is 0 Å². The van der Waals surface area contributed by atoms with E-state index < -0.39 is 21.2 Å². The molecule has 0 spiro atoms. The lowest BCUT2D eigenvalue weighted by Gasteiger charge is -2.17. The van der Waals surface area contributed by atoms with E-state index >= 15 is 0 Å². The first kappa shape index (κ1) is 14.8. The Morgan fingerprint density at radius 2 is 1.40 bits per heavy atom. The Morgan fingerprint density at radius 3 is 1.90 bits per heavy atom. The van der Waals surface area contributed by atoms with Crippen LogP contribution in [-0.2, 0) is 9.84 Å². The zero-order chi connectivity index (χ0) is 14.8. The maximum Gasteiger partial charge on any atom is 0.152 e. The van der Waals surface area contributed by atoms with E-state index in [1.165, 1.54) is 6.92 Å². The van der Waals surface area contributed by atoms with Gasteiger partial charge in [-0.2, -0.15) is 0 Å². The third-order valence-corrected chi connectivity index (χ3v) is 5.09. The monoisotopic (exact) mass is 290 g/mol. The van der Waals surface area contributed by atoms with Crippen LogP contribution in [0.15, 0.2) is 54.6 Å². The molecule has 4 heteroatoms. The predicted molar refractivity (Wildman–Crippen MR) is 81.1 cm³/mol. The molecule has 1 N–H and O–H groups in total. The van der Waals surface area contributed by atoms with Crippen molar-refractivity contribution in [1.29, 1.82) is 0 Å². The highest BCUT2D eigenvalue weighted by Crippen LogP contribution is 2.25. The maximum atomic E-state index is 11.5. The summed E-state index contributed by atoms with van der Waals surface area (Å²) in [5, 5.41) is 9.29. The van der Waals surface area contributed by atoms with Crippen molar-refractivity contribution in [3.05, 3.63) is 60.2 Å². The molecule has 0 aliphatic carbocycles. The van der Waals surface area contributed by atoms with E-state index in [0.717, 1.165) is 17.4 Å². The van der Waals surface area contributed by atoms with E-state index in [9.17, 15) is 13.5 Å². The van der Waals surface area contributed by atoms with Crippen LogP contribution in [0.25, 0.3) is 11.1 Å². The minimum atomic E-state index is -3.26. The van der Waals surface area contributed by atoms with Crippen molar-refractivity contribution in [3.8, 4) is 11.1 Å². The summed E-state index contributed by atoms with van der Waals surface area (Å²) in [6, 6.07) is 17.2. The second kappa shape index (κ2) is 5.77. The fourth-order valence-electron chi connectivity index (χ4n) is 2.01. The first-order valence-corrected chi connectivity index (χ1v) is 8.37. The zero-order valence-electron chi connectivity index (χ0n) is 11.5. The molecule has 20 heavy (non-hydrogen) atoms. The van der Waals surface area contributed by atoms with Crippen LogP contribution in [-0.4, -0.2) is 25.0 Å². The highest BCUT2D eigenvalue weighted by atomic mass is 32.2. The maximum absolute atomic E-state index is 11.5. The lowest BCUT2D eigenvalue weighted by atomic mass is 10.0. The summed E-state index contributed by atoms with van der Waals surface area (Å²) in [5.41, 5.74) is 2.74. The molecule has 0 aliphatic rings. The summed E-state index contributed by atoms with van der Waals surface area (Å²) < 4.78 is 22.9. The van der Waals surface area contributed by atoms with E-state index in [4.69, 9.17) is 0 Å². The van der Waals surface area contributed by atoms with Crippen molar-refractivity contribution in [2.75, 3.05) is 6.26 Å². The van der Waals surface area contributed by atoms with Crippen molar-refractivity contribution < 1.29 is 13.5 Å². The Labute approximate surface area is 119 Å². The van der Waals surface area contributed by atoms with Gasteiger partial charge in [0, 0.05) is 6.26 Å². The number of rotatable bonds is 4. The first-order valence-electron chi connectivity index (χ1n) is 6.42. The van der Waals surface area contributed by atoms with Crippen LogP contribution >= 0.6 is 0 Å². The van der Waals surface area contributed by atoms with Gasteiger partial charge in [-0.25, -0.2) is 8.42 Å². The van der Waals surface area contributed by atoms with Gasteiger partial charge in [0.1, 0.15) is 0 Å². The molecular formula is C16H18O3S. The fourth-order valence-corrected chi connectivity index (χ4v) is 2.63. The minimum Gasteiger partial charge on any atom is -0.387 e. The number of hydrogen-bond donors (Lipinski definition) is 1. The summed E-state index contributed by atoms with van der Waals surface area (Å²) in [4.78, 5) is 0. The van der Waals surface area contributed by atoms with Crippen molar-refractivity contribution in [2.45, 2.75) is 18.3 Å². The summed E-state index contributed by atoms with van der Waals surface area (Å²) >= 11 is 0. The molecule has 2 atom stereocenters. The summed E-state index contributed by atoms with van der Waals surface area (Å²) in [5.74, 6) is 0. The molecule has 2 unspecified atom stereocenters. The third-order valence-electron chi connectivity index (χ3n) is 3.48. The average Bonchev–Trinajstić information content (AvgIpc) is 2.46. The molecule has 2 aromatic rings. The van der Waals surface area contributed by atoms with Gasteiger partial charge in [0.15, 0.2) is 9.84 Å². The number of sulfone groups is 1. The molecule has 0 amide bonds. The van der Waals surface area contributed by atoms with Gasteiger partial charge < -0.3 is 5.11 Å². The minimum absolute atomic E-state index is 0.614. The van der Waals surface area contributed by atoms with Crippen LogP contribution in [0.3, 0.4) is 0 Å². The molecule has 0 aliphatic heterocycles. The van der Waals surface area contributed by atoms with Gasteiger partial charge in [-0.1, -0.05) is 54.6 Å². The first-order chi connectivity index (χ1) is 9.39. The Hall–Kier alpha value is -1.65. The number of hydrogen-bond acceptors (Lipinski definition) is 3. The smallest absolute Gasteiger partial charge is 0.152 e. The van der Waals surface area contributed by atoms with Gasteiger partial charge in [0.25, 0.3) is 0 Å². The normalized spacial score (nSPS) is 14.8. The van der Waals surface area contributed by atoms with Gasteiger partial charge in [0.2, 0.25) is 0 Å². The molecule has 0 saturated heterocycles. The van der Waals surface area contributed by atoms with Gasteiger partial charge >= 0.3 is 0 Å². The number of aliphatic hydroxyl groups excluding tert-OH is 1. The Kier molecular flexibility index (Phi) is 4.26. The molecule has 3 nitrogen and oxygen atoms in total. The highest BCUT2D eigenvalue weighted by molar-refractivity contribution is 7.91. The van der Waals surface area contributed by atoms with Crippen LogP contribution < -0.4 is 0 Å². The third kappa shape index (κ3) is 3.26. The van der Waals surface area contributed by atoms with Gasteiger partial charge in [-0.05, 0) is 23.6 Å². The van der Waals surface area contributed by atoms with E-state index in [2.05, 4.69) is 0 Å². The Bertz CT molecular complexity index is 661. The molecule has 2 rings (SSSR count). The number of aliphatic hydroxyl groups is 1. The standard InChI is InChI=1S/C16H18O3S/c1-12(20(2,18)19)16(17)15-10-8-14(9-11-15)13-6-4-3-5-7-13/h3-12,16-17H,1-2H3. The van der Waals surface area contributed by atoms with Crippen LogP contribution in [0.1, 0.15) is 18.6 Å². The quantitative estimate of drug-likeness (QED) is 0.942. The molecule has 0 fully saturated rings. The van der Waals surface area contributed by atoms with E-state index in [1.807, 2.05) is 42.5 Å². The van der Waals surface area contributed by atoms with E-state index in [-0.39, 0.29) is 0 Å². The molecule has 2 aromatic carbocycles. The van der Waals surface area contributed by atoms with Crippen molar-refractivity contribution in [1.82, 2.24) is 0 Å². The number of benzene rings is 2. The topological polar surface area (TPSA) is 54.4 Å². The van der Waals surface area contributed by atoms with Crippen LogP contribution in [0.5, 0.6) is 0 Å². The van der Waals surface area contributed by atoms with Crippen molar-refractivity contribution in [3.63, 3.8) is 0 Å².